The molecule has 0 bridgehead atoms. The number of piperidine rings is 1. The molecular formula is C18H16N4O3S. The number of hydrogen-bond donors (Lipinski definition) is 2. The van der Waals surface area contributed by atoms with E-state index in [1.165, 1.54) is 11.3 Å². The van der Waals surface area contributed by atoms with Crippen molar-refractivity contribution in [3.8, 4) is 21.9 Å². The molecule has 0 aromatic carbocycles. The summed E-state index contributed by atoms with van der Waals surface area (Å²) in [5.41, 5.74) is 1.63. The molecule has 1 unspecified atom stereocenters. The van der Waals surface area contributed by atoms with Crippen LogP contribution in [-0.2, 0) is 9.59 Å². The molecule has 7 nitrogen and oxygen atoms in total. The molecule has 2 N–H and O–H groups in total. The van der Waals surface area contributed by atoms with Gasteiger partial charge in [-0.2, -0.15) is 0 Å². The number of hydrogen-bond acceptors (Lipinski definition) is 6. The maximum absolute atomic E-state index is 12.5. The van der Waals surface area contributed by atoms with Gasteiger partial charge in [-0.25, -0.2) is 4.98 Å². The standard InChI is InChI=1S/C18H16N4O3S/c23-14-4-3-12(10-20-14)17(24)22-18-21-15(13-2-1-9-25-13)16(26-18)11-5-7-19-8-6-11/h1-2,5-9,12H,3-4,10H2,(H,20,23)(H,21,22,24). The average molecular weight is 368 g/mol. The van der Waals surface area contributed by atoms with Gasteiger partial charge in [-0.1, -0.05) is 11.3 Å². The van der Waals surface area contributed by atoms with Crippen LogP contribution in [0.3, 0.4) is 0 Å². The maximum atomic E-state index is 12.5. The van der Waals surface area contributed by atoms with Crippen molar-refractivity contribution >= 4 is 28.3 Å². The first kappa shape index (κ1) is 16.5. The first-order valence-corrected chi connectivity index (χ1v) is 9.05. The second-order valence-corrected chi connectivity index (χ2v) is 6.94. The molecular weight excluding hydrogens is 352 g/mol. The van der Waals surface area contributed by atoms with Crippen molar-refractivity contribution in [2.45, 2.75) is 12.8 Å². The molecule has 1 saturated heterocycles. The molecule has 4 heterocycles. The summed E-state index contributed by atoms with van der Waals surface area (Å²) < 4.78 is 5.50. The SMILES string of the molecule is O=C1CCC(C(=O)Nc2nc(-c3ccco3)c(-c3ccncc3)s2)CN1. The molecule has 0 aliphatic carbocycles. The van der Waals surface area contributed by atoms with E-state index in [4.69, 9.17) is 4.42 Å². The maximum Gasteiger partial charge on any atom is 0.231 e. The molecule has 1 fully saturated rings. The topological polar surface area (TPSA) is 97.1 Å². The van der Waals surface area contributed by atoms with E-state index in [2.05, 4.69) is 20.6 Å². The van der Waals surface area contributed by atoms with Gasteiger partial charge in [0.05, 0.1) is 17.1 Å². The van der Waals surface area contributed by atoms with Crippen molar-refractivity contribution in [1.29, 1.82) is 0 Å². The van der Waals surface area contributed by atoms with Crippen LogP contribution in [0, 0.1) is 5.92 Å². The number of carbonyl (C=O) groups is 2. The summed E-state index contributed by atoms with van der Waals surface area (Å²) >= 11 is 1.39. The normalized spacial score (nSPS) is 16.9. The number of carbonyl (C=O) groups excluding carboxylic acids is 2. The molecule has 3 aromatic rings. The summed E-state index contributed by atoms with van der Waals surface area (Å²) in [5, 5.41) is 6.11. The largest absolute Gasteiger partial charge is 0.463 e. The van der Waals surface area contributed by atoms with Gasteiger partial charge in [-0.15, -0.1) is 0 Å². The van der Waals surface area contributed by atoms with Gasteiger partial charge in [0.1, 0.15) is 5.69 Å². The molecule has 26 heavy (non-hydrogen) atoms. The summed E-state index contributed by atoms with van der Waals surface area (Å²) in [7, 11) is 0. The van der Waals surface area contributed by atoms with Crippen molar-refractivity contribution in [1.82, 2.24) is 15.3 Å². The van der Waals surface area contributed by atoms with E-state index in [9.17, 15) is 9.59 Å². The second-order valence-electron chi connectivity index (χ2n) is 5.94. The highest BCUT2D eigenvalue weighted by atomic mass is 32.1. The van der Waals surface area contributed by atoms with Gasteiger partial charge in [0.2, 0.25) is 11.8 Å². The number of pyridine rings is 1. The number of nitrogens with zero attached hydrogens (tertiary/aromatic N) is 2. The average Bonchev–Trinajstić information content (AvgIpc) is 3.32. The Labute approximate surface area is 153 Å². The van der Waals surface area contributed by atoms with Crippen molar-refractivity contribution in [2.24, 2.45) is 5.92 Å². The first-order chi connectivity index (χ1) is 12.7. The number of rotatable bonds is 4. The minimum atomic E-state index is -0.243. The van der Waals surface area contributed by atoms with Crippen LogP contribution >= 0.6 is 11.3 Å². The van der Waals surface area contributed by atoms with Gasteiger partial charge in [-0.3, -0.25) is 14.6 Å². The van der Waals surface area contributed by atoms with Gasteiger partial charge in [0.25, 0.3) is 0 Å². The molecule has 132 valence electrons. The predicted molar refractivity (Wildman–Crippen MR) is 97.4 cm³/mol. The molecule has 4 rings (SSSR count). The Hall–Kier alpha value is -3.00. The molecule has 2 amide bonds. The number of amides is 2. The van der Waals surface area contributed by atoms with E-state index in [-0.39, 0.29) is 17.7 Å². The third kappa shape index (κ3) is 3.36. The fraction of sp³-hybridized carbons (Fsp3) is 0.222. The lowest BCUT2D eigenvalue weighted by atomic mass is 9.98. The molecule has 3 aromatic heterocycles. The van der Waals surface area contributed by atoms with Crippen LogP contribution in [0.2, 0.25) is 0 Å². The monoisotopic (exact) mass is 368 g/mol. The Bertz CT molecular complexity index is 911. The molecule has 0 spiro atoms. The Balaban J connectivity index is 1.61. The van der Waals surface area contributed by atoms with E-state index in [0.717, 1.165) is 10.4 Å². The fourth-order valence-corrected chi connectivity index (χ4v) is 3.80. The molecule has 0 saturated carbocycles. The number of aromatic nitrogens is 2. The molecule has 0 radical (unpaired) electrons. The first-order valence-electron chi connectivity index (χ1n) is 8.23. The zero-order valence-electron chi connectivity index (χ0n) is 13.8. The minimum absolute atomic E-state index is 0.0108. The Morgan fingerprint density at radius 3 is 2.85 bits per heavy atom. The Morgan fingerprint density at radius 1 is 1.31 bits per heavy atom. The van der Waals surface area contributed by atoms with Crippen LogP contribution in [0.4, 0.5) is 5.13 Å². The Morgan fingerprint density at radius 2 is 2.15 bits per heavy atom. The lowest BCUT2D eigenvalue weighted by Crippen LogP contribution is -2.40. The quantitative estimate of drug-likeness (QED) is 0.738. The third-order valence-electron chi connectivity index (χ3n) is 4.19. The summed E-state index contributed by atoms with van der Waals surface area (Å²) in [6.45, 7) is 0.359. The van der Waals surface area contributed by atoms with E-state index in [1.807, 2.05) is 18.2 Å². The molecule has 1 aliphatic rings. The smallest absolute Gasteiger partial charge is 0.231 e. The van der Waals surface area contributed by atoms with Crippen LogP contribution in [0.25, 0.3) is 21.9 Å². The summed E-state index contributed by atoms with van der Waals surface area (Å²) in [4.78, 5) is 33.2. The summed E-state index contributed by atoms with van der Waals surface area (Å²) in [6.07, 6.45) is 5.93. The molecule has 8 heteroatoms. The van der Waals surface area contributed by atoms with Crippen molar-refractivity contribution < 1.29 is 14.0 Å². The van der Waals surface area contributed by atoms with Crippen LogP contribution in [0.1, 0.15) is 12.8 Å². The highest BCUT2D eigenvalue weighted by Crippen LogP contribution is 2.39. The molecule has 1 atom stereocenters. The van der Waals surface area contributed by atoms with E-state index < -0.39 is 0 Å². The highest BCUT2D eigenvalue weighted by molar-refractivity contribution is 7.19. The predicted octanol–water partition coefficient (Wildman–Crippen LogP) is 2.93. The molecule has 1 aliphatic heterocycles. The van der Waals surface area contributed by atoms with Crippen LogP contribution in [-0.4, -0.2) is 28.3 Å². The minimum Gasteiger partial charge on any atom is -0.463 e. The van der Waals surface area contributed by atoms with Crippen LogP contribution in [0.5, 0.6) is 0 Å². The summed E-state index contributed by atoms with van der Waals surface area (Å²) in [6, 6.07) is 7.42. The summed E-state index contributed by atoms with van der Waals surface area (Å²) in [5.74, 6) is 0.251. The van der Waals surface area contributed by atoms with Crippen LogP contribution in [0.15, 0.2) is 47.3 Å². The van der Waals surface area contributed by atoms with Gasteiger partial charge in [0, 0.05) is 25.4 Å². The lowest BCUT2D eigenvalue weighted by Gasteiger charge is -2.20. The second kappa shape index (κ2) is 7.09. The number of nitrogens with one attached hydrogen (secondary N) is 2. The van der Waals surface area contributed by atoms with Gasteiger partial charge < -0.3 is 15.1 Å². The zero-order valence-corrected chi connectivity index (χ0v) is 14.6. The highest BCUT2D eigenvalue weighted by Gasteiger charge is 2.26. The van der Waals surface area contributed by atoms with Crippen molar-refractivity contribution in [2.75, 3.05) is 11.9 Å². The van der Waals surface area contributed by atoms with Gasteiger partial charge >= 0.3 is 0 Å². The number of thiazole rings is 1. The zero-order chi connectivity index (χ0) is 17.9. The van der Waals surface area contributed by atoms with E-state index >= 15 is 0 Å². The fourth-order valence-electron chi connectivity index (χ4n) is 2.82. The third-order valence-corrected chi connectivity index (χ3v) is 5.21. The van der Waals surface area contributed by atoms with E-state index in [1.54, 1.807) is 24.7 Å². The lowest BCUT2D eigenvalue weighted by molar-refractivity contribution is -0.126. The van der Waals surface area contributed by atoms with Crippen molar-refractivity contribution in [3.63, 3.8) is 0 Å². The number of furan rings is 1. The van der Waals surface area contributed by atoms with Gasteiger partial charge in [0.15, 0.2) is 10.9 Å². The van der Waals surface area contributed by atoms with Crippen LogP contribution < -0.4 is 10.6 Å². The van der Waals surface area contributed by atoms with Gasteiger partial charge in [-0.05, 0) is 36.2 Å². The van der Waals surface area contributed by atoms with Crippen molar-refractivity contribution in [3.05, 3.63) is 42.9 Å². The Kier molecular flexibility index (Phi) is 4.49. The van der Waals surface area contributed by atoms with E-state index in [0.29, 0.717) is 36.0 Å². The number of anilines is 1.